The molecular formula is C18H20FN5O4. The lowest BCUT2D eigenvalue weighted by Gasteiger charge is -2.30. The highest BCUT2D eigenvalue weighted by Gasteiger charge is 2.31. The number of carbonyl (C=O) groups is 3. The molecule has 1 aromatic heterocycles. The van der Waals surface area contributed by atoms with E-state index in [0.717, 1.165) is 0 Å². The Kier molecular flexibility index (Phi) is 5.41. The average molecular weight is 389 g/mol. The molecule has 3 rings (SSSR count). The first-order valence-electron chi connectivity index (χ1n) is 8.69. The molecule has 2 aromatic rings. The molecule has 1 atom stereocenters. The van der Waals surface area contributed by atoms with Crippen LogP contribution in [0.2, 0.25) is 0 Å². The van der Waals surface area contributed by atoms with E-state index in [0.29, 0.717) is 11.4 Å². The molecule has 0 unspecified atom stereocenters. The maximum absolute atomic E-state index is 13.2. The Morgan fingerprint density at radius 3 is 2.50 bits per heavy atom. The Morgan fingerprint density at radius 1 is 1.21 bits per heavy atom. The van der Waals surface area contributed by atoms with Crippen molar-refractivity contribution < 1.29 is 23.9 Å². The van der Waals surface area contributed by atoms with Crippen LogP contribution in [0.15, 0.2) is 24.3 Å². The van der Waals surface area contributed by atoms with Crippen LogP contribution in [-0.4, -0.2) is 49.9 Å². The monoisotopic (exact) mass is 389 g/mol. The minimum Gasteiger partial charge on any atom is -0.477 e. The second-order valence-electron chi connectivity index (χ2n) is 6.56. The molecule has 1 aromatic carbocycles. The maximum Gasteiger partial charge on any atom is 0.354 e. The van der Waals surface area contributed by atoms with E-state index in [4.69, 9.17) is 11.5 Å². The topological polar surface area (TPSA) is 145 Å². The van der Waals surface area contributed by atoms with E-state index >= 15 is 0 Å². The van der Waals surface area contributed by atoms with Gasteiger partial charge in [0.15, 0.2) is 5.69 Å². The molecule has 0 fully saturated rings. The lowest BCUT2D eigenvalue weighted by Crippen LogP contribution is -2.47. The second-order valence-corrected chi connectivity index (χ2v) is 6.56. The first-order valence-corrected chi connectivity index (χ1v) is 8.69. The van der Waals surface area contributed by atoms with Crippen LogP contribution in [0, 0.1) is 5.82 Å². The molecule has 0 saturated heterocycles. The first kappa shape index (κ1) is 19.5. The average Bonchev–Trinajstić information content (AvgIpc) is 3.04. The summed E-state index contributed by atoms with van der Waals surface area (Å²) in [5.74, 6) is -2.08. The summed E-state index contributed by atoms with van der Waals surface area (Å²) in [4.78, 5) is 41.0. The van der Waals surface area contributed by atoms with Gasteiger partial charge in [-0.05, 0) is 30.7 Å². The highest BCUT2D eigenvalue weighted by Crippen LogP contribution is 2.27. The van der Waals surface area contributed by atoms with E-state index in [9.17, 15) is 23.9 Å². The molecule has 1 aliphatic rings. The number of aromatic carboxylic acids is 1. The molecule has 9 nitrogen and oxygen atoms in total. The largest absolute Gasteiger partial charge is 0.477 e. The van der Waals surface area contributed by atoms with Crippen LogP contribution in [-0.2, 0) is 22.7 Å². The number of nitrogens with two attached hydrogens (primary N) is 2. The molecular weight excluding hydrogens is 369 g/mol. The summed E-state index contributed by atoms with van der Waals surface area (Å²) in [6.45, 7) is 0.583. The van der Waals surface area contributed by atoms with Crippen LogP contribution in [0.5, 0.6) is 0 Å². The molecule has 0 radical (unpaired) electrons. The number of carbonyl (C=O) groups excluding carboxylic acids is 2. The lowest BCUT2D eigenvalue weighted by atomic mass is 10.1. The Hall–Kier alpha value is -3.27. The number of aromatic nitrogens is 2. The SMILES string of the molecule is NC(=O)CC[C@H](N)C(=O)N1CCn2c(nc(-c3ccc(F)cc3)c2C(=O)O)C1. The van der Waals surface area contributed by atoms with Crippen molar-refractivity contribution in [2.45, 2.75) is 32.0 Å². The molecule has 0 spiro atoms. The van der Waals surface area contributed by atoms with Crippen molar-refractivity contribution in [3.05, 3.63) is 41.6 Å². The number of primary amides is 1. The number of fused-ring (bicyclic) bond motifs is 1. The van der Waals surface area contributed by atoms with E-state index in [1.54, 1.807) is 4.57 Å². The molecule has 28 heavy (non-hydrogen) atoms. The number of nitrogens with zero attached hydrogens (tertiary/aromatic N) is 3. The van der Waals surface area contributed by atoms with Crippen LogP contribution >= 0.6 is 0 Å². The maximum atomic E-state index is 13.2. The smallest absolute Gasteiger partial charge is 0.354 e. The van der Waals surface area contributed by atoms with Gasteiger partial charge in [-0.1, -0.05) is 0 Å². The summed E-state index contributed by atoms with van der Waals surface area (Å²) in [6.07, 6.45) is 0.146. The van der Waals surface area contributed by atoms with Gasteiger partial charge in [-0.2, -0.15) is 0 Å². The number of hydrogen-bond donors (Lipinski definition) is 3. The fourth-order valence-corrected chi connectivity index (χ4v) is 3.20. The molecule has 2 amide bonds. The van der Waals surface area contributed by atoms with Gasteiger partial charge in [-0.15, -0.1) is 0 Å². The standard InChI is InChI=1S/C18H20FN5O4/c19-11-3-1-10(2-4-11)15-16(18(27)28)24-8-7-23(9-14(24)22-15)17(26)12(20)5-6-13(21)25/h1-4,12H,5-9,20H2,(H2,21,25)(H,27,28)/t12-/m0/s1. The quantitative estimate of drug-likeness (QED) is 0.649. The van der Waals surface area contributed by atoms with E-state index in [-0.39, 0.29) is 49.8 Å². The Bertz CT molecular complexity index is 925. The normalized spacial score (nSPS) is 14.4. The van der Waals surface area contributed by atoms with Gasteiger partial charge in [-0.3, -0.25) is 9.59 Å². The summed E-state index contributed by atoms with van der Waals surface area (Å²) in [5, 5.41) is 9.63. The number of carboxylic acids is 1. The van der Waals surface area contributed by atoms with Crippen LogP contribution < -0.4 is 11.5 Å². The molecule has 10 heteroatoms. The predicted molar refractivity (Wildman–Crippen MR) is 96.4 cm³/mol. The molecule has 2 heterocycles. The Labute approximate surface area is 159 Å². The van der Waals surface area contributed by atoms with Gasteiger partial charge >= 0.3 is 5.97 Å². The van der Waals surface area contributed by atoms with Crippen molar-refractivity contribution in [1.29, 1.82) is 0 Å². The van der Waals surface area contributed by atoms with Gasteiger partial charge in [0.05, 0.1) is 12.6 Å². The van der Waals surface area contributed by atoms with Gasteiger partial charge in [0, 0.05) is 25.1 Å². The summed E-state index contributed by atoms with van der Waals surface area (Å²) < 4.78 is 14.7. The van der Waals surface area contributed by atoms with Crippen LogP contribution in [0.1, 0.15) is 29.2 Å². The van der Waals surface area contributed by atoms with Crippen molar-refractivity contribution in [3.63, 3.8) is 0 Å². The molecule has 1 aliphatic heterocycles. The van der Waals surface area contributed by atoms with Gasteiger partial charge in [0.2, 0.25) is 11.8 Å². The summed E-state index contributed by atoms with van der Waals surface area (Å²) in [6, 6.07) is 4.50. The van der Waals surface area contributed by atoms with E-state index < -0.39 is 23.7 Å². The van der Waals surface area contributed by atoms with Crippen LogP contribution in [0.25, 0.3) is 11.3 Å². The third-order valence-electron chi connectivity index (χ3n) is 4.62. The molecule has 0 bridgehead atoms. The van der Waals surface area contributed by atoms with E-state index in [1.165, 1.54) is 29.2 Å². The van der Waals surface area contributed by atoms with Crippen molar-refractivity contribution in [2.24, 2.45) is 11.5 Å². The summed E-state index contributed by atoms with van der Waals surface area (Å²) in [5.41, 5.74) is 11.6. The number of halogens is 1. The fourth-order valence-electron chi connectivity index (χ4n) is 3.20. The third-order valence-corrected chi connectivity index (χ3v) is 4.62. The van der Waals surface area contributed by atoms with Crippen molar-refractivity contribution in [1.82, 2.24) is 14.5 Å². The Balaban J connectivity index is 1.86. The zero-order valence-electron chi connectivity index (χ0n) is 15.0. The number of imidazole rings is 1. The van der Waals surface area contributed by atoms with Crippen molar-refractivity contribution in [3.8, 4) is 11.3 Å². The molecule has 0 saturated carbocycles. The minimum atomic E-state index is -1.16. The number of carboxylic acid groups (broad SMARTS) is 1. The van der Waals surface area contributed by atoms with Crippen molar-refractivity contribution in [2.75, 3.05) is 6.54 Å². The van der Waals surface area contributed by atoms with Gasteiger partial charge < -0.3 is 26.0 Å². The van der Waals surface area contributed by atoms with Crippen molar-refractivity contribution >= 4 is 17.8 Å². The third kappa shape index (κ3) is 3.86. The van der Waals surface area contributed by atoms with Gasteiger partial charge in [-0.25, -0.2) is 14.2 Å². The Morgan fingerprint density at radius 2 is 1.89 bits per heavy atom. The summed E-state index contributed by atoms with van der Waals surface area (Å²) in [7, 11) is 0. The number of rotatable bonds is 6. The number of benzene rings is 1. The van der Waals surface area contributed by atoms with Crippen LogP contribution in [0.3, 0.4) is 0 Å². The van der Waals surface area contributed by atoms with E-state index in [1.807, 2.05) is 0 Å². The zero-order valence-corrected chi connectivity index (χ0v) is 15.0. The molecule has 5 N–H and O–H groups in total. The van der Waals surface area contributed by atoms with Gasteiger partial charge in [0.1, 0.15) is 17.3 Å². The number of amides is 2. The van der Waals surface area contributed by atoms with E-state index in [2.05, 4.69) is 4.98 Å². The predicted octanol–water partition coefficient (Wildman–Crippen LogP) is 0.322. The fraction of sp³-hybridized carbons (Fsp3) is 0.333. The molecule has 0 aliphatic carbocycles. The summed E-state index contributed by atoms with van der Waals surface area (Å²) >= 11 is 0. The zero-order chi connectivity index (χ0) is 20.4. The first-order chi connectivity index (χ1) is 13.3. The highest BCUT2D eigenvalue weighted by molar-refractivity contribution is 5.93. The lowest BCUT2D eigenvalue weighted by molar-refractivity contribution is -0.134. The minimum absolute atomic E-state index is 0.00719. The molecule has 148 valence electrons. The van der Waals surface area contributed by atoms with Gasteiger partial charge in [0.25, 0.3) is 0 Å². The second kappa shape index (κ2) is 7.77. The number of hydrogen-bond acceptors (Lipinski definition) is 5. The highest BCUT2D eigenvalue weighted by atomic mass is 19.1. The van der Waals surface area contributed by atoms with Crippen LogP contribution in [0.4, 0.5) is 4.39 Å².